The molecule has 29 heavy (non-hydrogen) atoms. The maximum atomic E-state index is 12.7. The fraction of sp³-hybridized carbons (Fsp3) is 0.105. The third-order valence-electron chi connectivity index (χ3n) is 3.85. The molecule has 0 radical (unpaired) electrons. The number of hydrogen-bond acceptors (Lipinski definition) is 5. The molecule has 0 atom stereocenters. The molecule has 0 aliphatic carbocycles. The molecule has 0 bridgehead atoms. The van der Waals surface area contributed by atoms with Gasteiger partial charge in [-0.1, -0.05) is 29.3 Å². The number of halogens is 2. The van der Waals surface area contributed by atoms with Crippen LogP contribution in [0.3, 0.4) is 0 Å². The van der Waals surface area contributed by atoms with E-state index in [-0.39, 0.29) is 22.2 Å². The molecule has 2 aromatic carbocycles. The van der Waals surface area contributed by atoms with Crippen LogP contribution in [0.1, 0.15) is 5.56 Å². The monoisotopic (exact) mass is 436 g/mol. The number of hydrogen-bond donors (Lipinski definition) is 2. The number of carbonyl (C=O) groups is 3. The highest BCUT2D eigenvalue weighted by molar-refractivity contribution is 6.33. The first-order valence-corrected chi connectivity index (χ1v) is 8.90. The van der Waals surface area contributed by atoms with Gasteiger partial charge in [-0.05, 0) is 42.0 Å². The van der Waals surface area contributed by atoms with Gasteiger partial charge in [-0.2, -0.15) is 0 Å². The molecule has 0 aromatic heterocycles. The van der Waals surface area contributed by atoms with Gasteiger partial charge in [0.15, 0.2) is 18.1 Å². The van der Waals surface area contributed by atoms with Gasteiger partial charge in [0.1, 0.15) is 5.70 Å². The zero-order chi connectivity index (χ0) is 21.1. The highest BCUT2D eigenvalue weighted by Crippen LogP contribution is 2.37. The van der Waals surface area contributed by atoms with Crippen molar-refractivity contribution in [1.29, 1.82) is 0 Å². The molecule has 1 aliphatic rings. The van der Waals surface area contributed by atoms with E-state index in [2.05, 4.69) is 5.32 Å². The molecule has 1 aliphatic heterocycles. The number of nitrogens with one attached hydrogen (secondary N) is 1. The number of urea groups is 1. The molecule has 1 heterocycles. The zero-order valence-electron chi connectivity index (χ0n) is 14.9. The minimum Gasteiger partial charge on any atom is -0.493 e. The number of amides is 3. The molecule has 10 heteroatoms. The van der Waals surface area contributed by atoms with Crippen molar-refractivity contribution in [3.8, 4) is 11.5 Å². The Morgan fingerprint density at radius 3 is 2.66 bits per heavy atom. The number of carboxylic acids is 1. The van der Waals surface area contributed by atoms with E-state index in [0.29, 0.717) is 16.3 Å². The number of rotatable bonds is 6. The molecule has 8 nitrogen and oxygen atoms in total. The number of carboxylic acid groups (broad SMARTS) is 1. The smallest absolute Gasteiger partial charge is 0.341 e. The fourth-order valence-corrected chi connectivity index (χ4v) is 3.11. The number of methoxy groups -OCH3 is 1. The summed E-state index contributed by atoms with van der Waals surface area (Å²) in [7, 11) is 1.36. The van der Waals surface area contributed by atoms with Gasteiger partial charge >= 0.3 is 12.0 Å². The Morgan fingerprint density at radius 1 is 1.24 bits per heavy atom. The van der Waals surface area contributed by atoms with Crippen LogP contribution >= 0.6 is 23.2 Å². The van der Waals surface area contributed by atoms with E-state index in [0.717, 1.165) is 4.90 Å². The summed E-state index contributed by atoms with van der Waals surface area (Å²) in [5, 5.41) is 11.7. The lowest BCUT2D eigenvalue weighted by Gasteiger charge is -2.12. The van der Waals surface area contributed by atoms with Gasteiger partial charge in [0.2, 0.25) is 0 Å². The van der Waals surface area contributed by atoms with Crippen molar-refractivity contribution < 1.29 is 29.0 Å². The second-order valence-electron chi connectivity index (χ2n) is 5.83. The van der Waals surface area contributed by atoms with E-state index in [1.165, 1.54) is 31.4 Å². The van der Waals surface area contributed by atoms with E-state index >= 15 is 0 Å². The highest BCUT2D eigenvalue weighted by atomic mass is 35.5. The molecule has 1 fully saturated rings. The quantitative estimate of drug-likeness (QED) is 0.529. The molecule has 0 unspecified atom stereocenters. The molecule has 150 valence electrons. The standard InChI is InChI=1S/C19H14Cl2N2O6/c1-28-15-7-10(5-13(21)17(15)29-9-16(24)25)6-14-18(26)23(19(27)22-14)12-4-2-3-11(20)8-12/h2-8H,9H2,1H3,(H,22,27)(H,24,25)/b14-6+. The van der Waals surface area contributed by atoms with Crippen molar-refractivity contribution in [3.05, 3.63) is 57.7 Å². The van der Waals surface area contributed by atoms with Crippen LogP contribution in [0.25, 0.3) is 6.08 Å². The topological polar surface area (TPSA) is 105 Å². The third kappa shape index (κ3) is 4.44. The summed E-state index contributed by atoms with van der Waals surface area (Å²) in [6.45, 7) is -0.598. The van der Waals surface area contributed by atoms with E-state index in [1.54, 1.807) is 18.2 Å². The molecule has 0 saturated carbocycles. The largest absolute Gasteiger partial charge is 0.493 e. The number of carbonyl (C=O) groups excluding carboxylic acids is 2. The van der Waals surface area contributed by atoms with Crippen molar-refractivity contribution in [2.45, 2.75) is 0 Å². The summed E-state index contributed by atoms with van der Waals surface area (Å²) in [6, 6.07) is 8.66. The molecule has 0 spiro atoms. The van der Waals surface area contributed by atoms with E-state index in [9.17, 15) is 14.4 Å². The summed E-state index contributed by atoms with van der Waals surface area (Å²) in [4.78, 5) is 36.6. The summed E-state index contributed by atoms with van der Waals surface area (Å²) in [6.07, 6.45) is 1.42. The van der Waals surface area contributed by atoms with E-state index in [4.69, 9.17) is 37.8 Å². The molecule has 1 saturated heterocycles. The van der Waals surface area contributed by atoms with Crippen LogP contribution in [0.5, 0.6) is 11.5 Å². The Bertz CT molecular complexity index is 1040. The number of ether oxygens (including phenoxy) is 2. The number of aliphatic carboxylic acids is 1. The van der Waals surface area contributed by atoms with Gasteiger partial charge in [-0.25, -0.2) is 14.5 Å². The number of imide groups is 1. The first kappa shape index (κ1) is 20.5. The van der Waals surface area contributed by atoms with Crippen LogP contribution in [-0.2, 0) is 9.59 Å². The Kier molecular flexibility index (Phi) is 5.95. The number of anilines is 1. The minimum absolute atomic E-state index is 0.0206. The van der Waals surface area contributed by atoms with E-state index < -0.39 is 24.5 Å². The Balaban J connectivity index is 1.92. The highest BCUT2D eigenvalue weighted by Gasteiger charge is 2.35. The minimum atomic E-state index is -1.17. The SMILES string of the molecule is COc1cc(/C=C2/NC(=O)N(c3cccc(Cl)c3)C2=O)cc(Cl)c1OCC(=O)O. The van der Waals surface area contributed by atoms with Crippen molar-refractivity contribution in [3.63, 3.8) is 0 Å². The number of nitrogens with zero attached hydrogens (tertiary/aromatic N) is 1. The fourth-order valence-electron chi connectivity index (χ4n) is 2.65. The summed E-state index contributed by atoms with van der Waals surface area (Å²) in [5.74, 6) is -1.51. The molecule has 2 N–H and O–H groups in total. The Labute approximate surface area is 175 Å². The van der Waals surface area contributed by atoms with Gasteiger partial charge in [-0.3, -0.25) is 4.79 Å². The third-order valence-corrected chi connectivity index (χ3v) is 4.36. The summed E-state index contributed by atoms with van der Waals surface area (Å²) >= 11 is 12.1. The summed E-state index contributed by atoms with van der Waals surface area (Å²) in [5.41, 5.74) is 0.787. The maximum absolute atomic E-state index is 12.7. The van der Waals surface area contributed by atoms with Crippen molar-refractivity contribution in [2.75, 3.05) is 18.6 Å². The van der Waals surface area contributed by atoms with Crippen molar-refractivity contribution in [1.82, 2.24) is 5.32 Å². The van der Waals surface area contributed by atoms with Crippen LogP contribution in [-0.4, -0.2) is 36.7 Å². The van der Waals surface area contributed by atoms with Crippen LogP contribution in [0, 0.1) is 0 Å². The lowest BCUT2D eigenvalue weighted by molar-refractivity contribution is -0.139. The Hall–Kier alpha value is -3.23. The maximum Gasteiger partial charge on any atom is 0.341 e. The normalized spacial score (nSPS) is 14.9. The van der Waals surface area contributed by atoms with Crippen molar-refractivity contribution in [2.24, 2.45) is 0 Å². The lowest BCUT2D eigenvalue weighted by Crippen LogP contribution is -2.30. The van der Waals surface area contributed by atoms with Crippen LogP contribution in [0.4, 0.5) is 10.5 Å². The van der Waals surface area contributed by atoms with Gasteiger partial charge < -0.3 is 19.9 Å². The number of benzene rings is 2. The van der Waals surface area contributed by atoms with Gasteiger partial charge in [0.25, 0.3) is 5.91 Å². The predicted octanol–water partition coefficient (Wildman–Crippen LogP) is 3.56. The van der Waals surface area contributed by atoms with Crippen LogP contribution < -0.4 is 19.7 Å². The Morgan fingerprint density at radius 2 is 2.00 bits per heavy atom. The molecule has 3 rings (SSSR count). The van der Waals surface area contributed by atoms with E-state index in [1.807, 2.05) is 0 Å². The first-order chi connectivity index (χ1) is 13.8. The average molecular weight is 437 g/mol. The van der Waals surface area contributed by atoms with Crippen LogP contribution in [0.15, 0.2) is 42.1 Å². The average Bonchev–Trinajstić information content (AvgIpc) is 2.93. The van der Waals surface area contributed by atoms with Crippen molar-refractivity contribution >= 4 is 52.9 Å². The molecule has 3 amide bonds. The molecule has 2 aromatic rings. The second kappa shape index (κ2) is 8.42. The zero-order valence-corrected chi connectivity index (χ0v) is 16.5. The van der Waals surface area contributed by atoms with Gasteiger partial charge in [0, 0.05) is 5.02 Å². The first-order valence-electron chi connectivity index (χ1n) is 8.15. The van der Waals surface area contributed by atoms with Gasteiger partial charge in [0.05, 0.1) is 17.8 Å². The second-order valence-corrected chi connectivity index (χ2v) is 6.67. The van der Waals surface area contributed by atoms with Crippen LogP contribution in [0.2, 0.25) is 10.0 Å². The lowest BCUT2D eigenvalue weighted by atomic mass is 10.1. The summed E-state index contributed by atoms with van der Waals surface area (Å²) < 4.78 is 10.3. The predicted molar refractivity (Wildman–Crippen MR) is 107 cm³/mol. The molecular weight excluding hydrogens is 423 g/mol. The van der Waals surface area contributed by atoms with Gasteiger partial charge in [-0.15, -0.1) is 0 Å². The molecular formula is C19H14Cl2N2O6.